The first-order valence-electron chi connectivity index (χ1n) is 8.36. The van der Waals surface area contributed by atoms with Crippen molar-refractivity contribution in [3.8, 4) is 11.5 Å². The first kappa shape index (κ1) is 21.2. The molecule has 0 aromatic heterocycles. The van der Waals surface area contributed by atoms with Crippen LogP contribution in [0.25, 0.3) is 0 Å². The second-order valence-electron chi connectivity index (χ2n) is 6.55. The van der Waals surface area contributed by atoms with Crippen LogP contribution in [0.1, 0.15) is 25.8 Å². The van der Waals surface area contributed by atoms with Crippen molar-refractivity contribution in [3.63, 3.8) is 0 Å². The lowest BCUT2D eigenvalue weighted by Gasteiger charge is -2.30. The summed E-state index contributed by atoms with van der Waals surface area (Å²) in [6.07, 6.45) is 1.49. The number of nitrogens with zero attached hydrogens (tertiary/aromatic N) is 2. The smallest absolute Gasteiger partial charge is 0.161 e. The number of benzene rings is 1. The highest BCUT2D eigenvalue weighted by Crippen LogP contribution is 2.32. The van der Waals surface area contributed by atoms with Gasteiger partial charge in [0.2, 0.25) is 0 Å². The molecular weight excluding hydrogens is 322 g/mol. The lowest BCUT2D eigenvalue weighted by Crippen LogP contribution is -2.34. The SMILES string of the molecule is COCCCOc1cc(CC(N=NN)C(C)(C)COC)ccc1OC. The fourth-order valence-electron chi connectivity index (χ4n) is 2.59. The summed E-state index contributed by atoms with van der Waals surface area (Å²) < 4.78 is 21.6. The lowest BCUT2D eigenvalue weighted by molar-refractivity contribution is 0.0840. The van der Waals surface area contributed by atoms with Gasteiger partial charge in [-0.15, -0.1) is 0 Å². The van der Waals surface area contributed by atoms with Gasteiger partial charge in [0.15, 0.2) is 11.5 Å². The standard InChI is InChI=1S/C18H31N3O4/c1-18(2,13-23-4)17(20-21-19)12-14-7-8-15(24-5)16(11-14)25-10-6-9-22-3/h7-8,11,17H,6,9-10,12-13H2,1-5H3,(H2,19,20). The Balaban J connectivity index is 2.91. The monoisotopic (exact) mass is 353 g/mol. The molecule has 0 saturated heterocycles. The van der Waals surface area contributed by atoms with Crippen molar-refractivity contribution in [1.29, 1.82) is 0 Å². The van der Waals surface area contributed by atoms with E-state index in [1.54, 1.807) is 21.3 Å². The Bertz CT molecular complexity index is 535. The van der Waals surface area contributed by atoms with Gasteiger partial charge in [0.05, 0.1) is 26.4 Å². The normalized spacial score (nSPS) is 13.2. The largest absolute Gasteiger partial charge is 0.493 e. The second-order valence-corrected chi connectivity index (χ2v) is 6.55. The average molecular weight is 353 g/mol. The van der Waals surface area contributed by atoms with Crippen LogP contribution in [-0.2, 0) is 15.9 Å². The maximum atomic E-state index is 5.84. The highest BCUT2D eigenvalue weighted by Gasteiger charge is 2.30. The summed E-state index contributed by atoms with van der Waals surface area (Å²) >= 11 is 0. The Hall–Kier alpha value is -1.86. The molecular formula is C18H31N3O4. The highest BCUT2D eigenvalue weighted by atomic mass is 16.5. The minimum Gasteiger partial charge on any atom is -0.493 e. The zero-order chi connectivity index (χ0) is 18.7. The molecule has 142 valence electrons. The Morgan fingerprint density at radius 1 is 1.08 bits per heavy atom. The van der Waals surface area contributed by atoms with Gasteiger partial charge in [0.25, 0.3) is 0 Å². The van der Waals surface area contributed by atoms with Crippen molar-refractivity contribution in [3.05, 3.63) is 23.8 Å². The van der Waals surface area contributed by atoms with Crippen LogP contribution in [0.3, 0.4) is 0 Å². The third kappa shape index (κ3) is 6.88. The Kier molecular flexibility index (Phi) is 9.23. The molecule has 1 rings (SSSR count). The van der Waals surface area contributed by atoms with Gasteiger partial charge in [0.1, 0.15) is 0 Å². The number of ether oxygens (including phenoxy) is 4. The molecule has 0 amide bonds. The fourth-order valence-corrected chi connectivity index (χ4v) is 2.59. The second kappa shape index (κ2) is 10.9. The van der Waals surface area contributed by atoms with Crippen LogP contribution in [0.5, 0.6) is 11.5 Å². The molecule has 0 saturated carbocycles. The number of methoxy groups -OCH3 is 3. The van der Waals surface area contributed by atoms with E-state index in [0.29, 0.717) is 37.7 Å². The summed E-state index contributed by atoms with van der Waals surface area (Å²) in [6, 6.07) is 5.78. The molecule has 0 spiro atoms. The minimum atomic E-state index is -0.197. The Morgan fingerprint density at radius 2 is 1.84 bits per heavy atom. The zero-order valence-corrected chi connectivity index (χ0v) is 15.9. The molecule has 0 heterocycles. The van der Waals surface area contributed by atoms with Crippen LogP contribution in [0.4, 0.5) is 0 Å². The lowest BCUT2D eigenvalue weighted by atomic mass is 9.82. The van der Waals surface area contributed by atoms with Gasteiger partial charge < -0.3 is 24.8 Å². The quantitative estimate of drug-likeness (QED) is 0.270. The highest BCUT2D eigenvalue weighted by molar-refractivity contribution is 5.43. The molecule has 7 nitrogen and oxygen atoms in total. The van der Waals surface area contributed by atoms with Crippen LogP contribution < -0.4 is 15.3 Å². The zero-order valence-electron chi connectivity index (χ0n) is 15.9. The molecule has 0 fully saturated rings. The van der Waals surface area contributed by atoms with Crippen molar-refractivity contribution >= 4 is 0 Å². The maximum absolute atomic E-state index is 5.84. The molecule has 0 aliphatic carbocycles. The van der Waals surface area contributed by atoms with Crippen LogP contribution in [0.2, 0.25) is 0 Å². The fraction of sp³-hybridized carbons (Fsp3) is 0.667. The summed E-state index contributed by atoms with van der Waals surface area (Å²) in [4.78, 5) is 0. The van der Waals surface area contributed by atoms with E-state index in [4.69, 9.17) is 24.8 Å². The summed E-state index contributed by atoms with van der Waals surface area (Å²) in [7, 11) is 4.98. The van der Waals surface area contributed by atoms with Crippen LogP contribution >= 0.6 is 0 Å². The van der Waals surface area contributed by atoms with E-state index < -0.39 is 0 Å². The maximum Gasteiger partial charge on any atom is 0.161 e. The van der Waals surface area contributed by atoms with Gasteiger partial charge in [-0.05, 0) is 24.1 Å². The molecule has 0 bridgehead atoms. The van der Waals surface area contributed by atoms with E-state index in [2.05, 4.69) is 24.2 Å². The first-order chi connectivity index (χ1) is 12.0. The summed E-state index contributed by atoms with van der Waals surface area (Å²) in [5.74, 6) is 6.72. The third-order valence-corrected chi connectivity index (χ3v) is 4.03. The van der Waals surface area contributed by atoms with Gasteiger partial charge in [-0.2, -0.15) is 5.11 Å². The number of hydrogen-bond donors (Lipinski definition) is 1. The number of nitrogens with two attached hydrogens (primary N) is 1. The van der Waals surface area contributed by atoms with Gasteiger partial charge in [0, 0.05) is 32.7 Å². The van der Waals surface area contributed by atoms with Crippen molar-refractivity contribution in [2.45, 2.75) is 32.7 Å². The summed E-state index contributed by atoms with van der Waals surface area (Å²) in [5.41, 5.74) is 0.876. The third-order valence-electron chi connectivity index (χ3n) is 4.03. The molecule has 1 aromatic carbocycles. The summed E-state index contributed by atoms with van der Waals surface area (Å²) in [5, 5.41) is 7.71. The van der Waals surface area contributed by atoms with Crippen LogP contribution in [-0.4, -0.2) is 47.2 Å². The molecule has 1 unspecified atom stereocenters. The topological polar surface area (TPSA) is 87.7 Å². The predicted molar refractivity (Wildman–Crippen MR) is 97.2 cm³/mol. The van der Waals surface area contributed by atoms with E-state index in [1.165, 1.54) is 0 Å². The number of rotatable bonds is 12. The molecule has 0 radical (unpaired) electrons. The Labute approximate surface area is 150 Å². The molecule has 2 N–H and O–H groups in total. The molecule has 1 aromatic rings. The Morgan fingerprint density at radius 3 is 2.44 bits per heavy atom. The molecule has 0 aliphatic heterocycles. The van der Waals surface area contributed by atoms with Crippen LogP contribution in [0, 0.1) is 5.41 Å². The van der Waals surface area contributed by atoms with Gasteiger partial charge >= 0.3 is 0 Å². The molecule has 0 aliphatic rings. The first-order valence-corrected chi connectivity index (χ1v) is 8.36. The molecule has 1 atom stereocenters. The molecule has 25 heavy (non-hydrogen) atoms. The van der Waals surface area contributed by atoms with E-state index in [-0.39, 0.29) is 11.5 Å². The predicted octanol–water partition coefficient (Wildman–Crippen LogP) is 3.02. The minimum absolute atomic E-state index is 0.104. The van der Waals surface area contributed by atoms with Crippen molar-refractivity contribution in [2.75, 3.05) is 41.2 Å². The number of hydrogen-bond acceptors (Lipinski definition) is 6. The van der Waals surface area contributed by atoms with Gasteiger partial charge in [-0.3, -0.25) is 0 Å². The van der Waals surface area contributed by atoms with E-state index in [1.807, 2.05) is 18.2 Å². The van der Waals surface area contributed by atoms with Gasteiger partial charge in [-0.1, -0.05) is 25.1 Å². The van der Waals surface area contributed by atoms with Crippen LogP contribution in [0.15, 0.2) is 28.5 Å². The molecule has 7 heteroatoms. The van der Waals surface area contributed by atoms with E-state index in [0.717, 1.165) is 12.0 Å². The van der Waals surface area contributed by atoms with E-state index in [9.17, 15) is 0 Å². The van der Waals surface area contributed by atoms with Gasteiger partial charge in [-0.25, -0.2) is 0 Å². The average Bonchev–Trinajstić information content (AvgIpc) is 2.58. The van der Waals surface area contributed by atoms with Crippen molar-refractivity contribution < 1.29 is 18.9 Å². The van der Waals surface area contributed by atoms with Crippen molar-refractivity contribution in [1.82, 2.24) is 0 Å². The summed E-state index contributed by atoms with van der Waals surface area (Å²) in [6.45, 7) is 5.96. The van der Waals surface area contributed by atoms with Crippen molar-refractivity contribution in [2.24, 2.45) is 21.6 Å². The van der Waals surface area contributed by atoms with E-state index >= 15 is 0 Å².